The molecule has 1 N–H and O–H groups in total. The number of ether oxygens (including phenoxy) is 1. The zero-order chi connectivity index (χ0) is 14.8. The Morgan fingerprint density at radius 3 is 2.73 bits per heavy atom. The summed E-state index contributed by atoms with van der Waals surface area (Å²) in [6, 6.07) is 18.4. The monoisotopic (exact) mass is 293 g/mol. The summed E-state index contributed by atoms with van der Waals surface area (Å²) in [6.45, 7) is 2.85. The molecule has 0 bridgehead atoms. The first-order chi connectivity index (χ1) is 10.9. The molecule has 1 saturated heterocycles. The molecule has 0 spiro atoms. The van der Waals surface area contributed by atoms with Crippen LogP contribution in [-0.2, 0) is 0 Å². The van der Waals surface area contributed by atoms with E-state index in [4.69, 9.17) is 9.84 Å². The van der Waals surface area contributed by atoms with Gasteiger partial charge in [-0.3, -0.25) is 0 Å². The van der Waals surface area contributed by atoms with Gasteiger partial charge >= 0.3 is 0 Å². The minimum Gasteiger partial charge on any atom is -0.476 e. The van der Waals surface area contributed by atoms with Crippen molar-refractivity contribution < 1.29 is 4.74 Å². The van der Waals surface area contributed by atoms with Crippen molar-refractivity contribution >= 4 is 10.9 Å². The fourth-order valence-corrected chi connectivity index (χ4v) is 2.96. The highest BCUT2D eigenvalue weighted by Crippen LogP contribution is 2.27. The van der Waals surface area contributed by atoms with Crippen LogP contribution in [0.15, 0.2) is 54.6 Å². The van der Waals surface area contributed by atoms with Crippen molar-refractivity contribution in [3.05, 3.63) is 54.6 Å². The van der Waals surface area contributed by atoms with Gasteiger partial charge in [0.05, 0.1) is 23.2 Å². The molecule has 4 nitrogen and oxygen atoms in total. The van der Waals surface area contributed by atoms with Crippen LogP contribution in [0.2, 0.25) is 0 Å². The lowest BCUT2D eigenvalue weighted by Crippen LogP contribution is -2.15. The number of aromatic nitrogens is 2. The van der Waals surface area contributed by atoms with Gasteiger partial charge in [0.2, 0.25) is 5.88 Å². The first kappa shape index (κ1) is 13.3. The molecule has 3 aromatic rings. The third-order valence-corrected chi connectivity index (χ3v) is 4.17. The largest absolute Gasteiger partial charge is 0.476 e. The van der Waals surface area contributed by atoms with Crippen LogP contribution in [0.3, 0.4) is 0 Å². The van der Waals surface area contributed by atoms with Gasteiger partial charge in [-0.2, -0.15) is 0 Å². The summed E-state index contributed by atoms with van der Waals surface area (Å²) >= 11 is 0. The van der Waals surface area contributed by atoms with E-state index in [0.29, 0.717) is 5.92 Å². The maximum atomic E-state index is 6.03. The van der Waals surface area contributed by atoms with E-state index in [9.17, 15) is 0 Å². The third-order valence-electron chi connectivity index (χ3n) is 4.17. The van der Waals surface area contributed by atoms with Crippen LogP contribution in [0.5, 0.6) is 5.88 Å². The van der Waals surface area contributed by atoms with Crippen molar-refractivity contribution in [3.8, 4) is 11.6 Å². The van der Waals surface area contributed by atoms with E-state index >= 15 is 0 Å². The zero-order valence-corrected chi connectivity index (χ0v) is 12.4. The molecule has 1 aliphatic rings. The number of para-hydroxylation sites is 2. The molecule has 0 radical (unpaired) electrons. The van der Waals surface area contributed by atoms with Crippen LogP contribution in [0, 0.1) is 5.92 Å². The summed E-state index contributed by atoms with van der Waals surface area (Å²) in [4.78, 5) is 0. The molecule has 1 aromatic heterocycles. The normalized spacial score (nSPS) is 17.9. The van der Waals surface area contributed by atoms with Gasteiger partial charge in [0.15, 0.2) is 0 Å². The Kier molecular flexibility index (Phi) is 3.52. The lowest BCUT2D eigenvalue weighted by molar-refractivity contribution is 0.252. The molecule has 1 aliphatic heterocycles. The quantitative estimate of drug-likeness (QED) is 0.803. The molecule has 112 valence electrons. The van der Waals surface area contributed by atoms with E-state index in [1.165, 1.54) is 6.42 Å². The summed E-state index contributed by atoms with van der Waals surface area (Å²) < 4.78 is 7.99. The van der Waals surface area contributed by atoms with Crippen molar-refractivity contribution in [2.75, 3.05) is 19.7 Å². The highest BCUT2D eigenvalue weighted by Gasteiger charge is 2.17. The topological polar surface area (TPSA) is 39.1 Å². The first-order valence-corrected chi connectivity index (χ1v) is 7.78. The summed E-state index contributed by atoms with van der Waals surface area (Å²) in [5.41, 5.74) is 2.13. The standard InChI is InChI=1S/C18H19N3O/c1-2-6-15(7-3-1)21-17-9-5-4-8-16(17)18(20-21)22-13-14-10-11-19-12-14/h1-9,14,19H,10-13H2. The van der Waals surface area contributed by atoms with E-state index in [-0.39, 0.29) is 0 Å². The van der Waals surface area contributed by atoms with Gasteiger partial charge in [-0.1, -0.05) is 30.3 Å². The number of hydrogen-bond donors (Lipinski definition) is 1. The smallest absolute Gasteiger partial charge is 0.241 e. The van der Waals surface area contributed by atoms with Gasteiger partial charge in [-0.05, 0) is 37.2 Å². The van der Waals surface area contributed by atoms with E-state index in [1.807, 2.05) is 35.0 Å². The predicted octanol–water partition coefficient (Wildman–Crippen LogP) is 3.01. The third kappa shape index (κ3) is 2.46. The van der Waals surface area contributed by atoms with Crippen LogP contribution in [-0.4, -0.2) is 29.5 Å². The average molecular weight is 293 g/mol. The fraction of sp³-hybridized carbons (Fsp3) is 0.278. The number of benzene rings is 2. The first-order valence-electron chi connectivity index (χ1n) is 7.78. The number of nitrogens with zero attached hydrogens (tertiary/aromatic N) is 2. The summed E-state index contributed by atoms with van der Waals surface area (Å²) in [5, 5.41) is 9.13. The predicted molar refractivity (Wildman–Crippen MR) is 87.5 cm³/mol. The SMILES string of the molecule is c1ccc(-n2nc(OCC3CCNC3)c3ccccc32)cc1. The molecule has 1 unspecified atom stereocenters. The Labute approximate surface area is 129 Å². The Bertz CT molecular complexity index is 760. The molecule has 0 amide bonds. The molecule has 4 rings (SSSR count). The minimum absolute atomic E-state index is 0.584. The molecule has 2 heterocycles. The van der Waals surface area contributed by atoms with E-state index in [0.717, 1.165) is 42.2 Å². The molecule has 2 aromatic carbocycles. The van der Waals surface area contributed by atoms with Crippen molar-refractivity contribution in [3.63, 3.8) is 0 Å². The number of hydrogen-bond acceptors (Lipinski definition) is 3. The number of nitrogens with one attached hydrogen (secondary N) is 1. The number of fused-ring (bicyclic) bond motifs is 1. The van der Waals surface area contributed by atoms with E-state index in [1.54, 1.807) is 0 Å². The average Bonchev–Trinajstić information content (AvgIpc) is 3.22. The van der Waals surface area contributed by atoms with E-state index in [2.05, 4.69) is 29.6 Å². The van der Waals surface area contributed by atoms with Crippen molar-refractivity contribution in [2.24, 2.45) is 5.92 Å². The Morgan fingerprint density at radius 2 is 1.91 bits per heavy atom. The van der Waals surface area contributed by atoms with Crippen LogP contribution < -0.4 is 10.1 Å². The zero-order valence-electron chi connectivity index (χ0n) is 12.4. The highest BCUT2D eigenvalue weighted by molar-refractivity contribution is 5.85. The van der Waals surface area contributed by atoms with Gasteiger partial charge in [0.1, 0.15) is 0 Å². The van der Waals surface area contributed by atoms with Crippen LogP contribution >= 0.6 is 0 Å². The Hall–Kier alpha value is -2.33. The van der Waals surface area contributed by atoms with Gasteiger partial charge in [-0.15, -0.1) is 5.10 Å². The minimum atomic E-state index is 0.584. The molecule has 1 atom stereocenters. The van der Waals surface area contributed by atoms with Crippen LogP contribution in [0.25, 0.3) is 16.6 Å². The van der Waals surface area contributed by atoms with Crippen LogP contribution in [0.1, 0.15) is 6.42 Å². The van der Waals surface area contributed by atoms with Crippen molar-refractivity contribution in [1.82, 2.24) is 15.1 Å². The molecular weight excluding hydrogens is 274 g/mol. The summed E-state index contributed by atoms with van der Waals surface area (Å²) in [6.07, 6.45) is 1.18. The van der Waals surface area contributed by atoms with Crippen LogP contribution in [0.4, 0.5) is 0 Å². The molecule has 4 heteroatoms. The van der Waals surface area contributed by atoms with Crippen molar-refractivity contribution in [2.45, 2.75) is 6.42 Å². The molecule has 1 fully saturated rings. The molecular formula is C18H19N3O. The maximum absolute atomic E-state index is 6.03. The van der Waals surface area contributed by atoms with Gasteiger partial charge in [-0.25, -0.2) is 4.68 Å². The summed E-state index contributed by atoms with van der Waals surface area (Å²) in [7, 11) is 0. The second-order valence-electron chi connectivity index (χ2n) is 5.74. The van der Waals surface area contributed by atoms with Gasteiger partial charge in [0, 0.05) is 12.5 Å². The lowest BCUT2D eigenvalue weighted by Gasteiger charge is -2.08. The molecule has 0 aliphatic carbocycles. The van der Waals surface area contributed by atoms with Gasteiger partial charge < -0.3 is 10.1 Å². The van der Waals surface area contributed by atoms with E-state index < -0.39 is 0 Å². The molecule has 22 heavy (non-hydrogen) atoms. The highest BCUT2D eigenvalue weighted by atomic mass is 16.5. The maximum Gasteiger partial charge on any atom is 0.241 e. The Morgan fingerprint density at radius 1 is 1.09 bits per heavy atom. The molecule has 0 saturated carbocycles. The number of rotatable bonds is 4. The Balaban J connectivity index is 1.69. The fourth-order valence-electron chi connectivity index (χ4n) is 2.96. The summed E-state index contributed by atoms with van der Waals surface area (Å²) in [5.74, 6) is 1.31. The lowest BCUT2D eigenvalue weighted by atomic mass is 10.1. The second-order valence-corrected chi connectivity index (χ2v) is 5.74. The van der Waals surface area contributed by atoms with Gasteiger partial charge in [0.25, 0.3) is 0 Å². The second kappa shape index (κ2) is 5.81. The van der Waals surface area contributed by atoms with Crippen molar-refractivity contribution in [1.29, 1.82) is 0 Å².